The van der Waals surface area contributed by atoms with Gasteiger partial charge in [-0.05, 0) is 49.7 Å². The van der Waals surface area contributed by atoms with Crippen molar-refractivity contribution in [3.8, 4) is 17.2 Å². The minimum atomic E-state index is -3.85. The van der Waals surface area contributed by atoms with Gasteiger partial charge >= 0.3 is 0 Å². The van der Waals surface area contributed by atoms with Gasteiger partial charge in [-0.15, -0.1) is 0 Å². The van der Waals surface area contributed by atoms with Crippen LogP contribution in [0.4, 0.5) is 0 Å². The standard InChI is InChI=1S/C20H26N2O6S/c1-5-27-18-9-7-14(11-19(18)28-6-2)13-22-29(24,25)15-8-10-17(26-4)16(12-15)20(23)21-3/h7-12,22H,5-6,13H2,1-4H3,(H,21,23). The van der Waals surface area contributed by atoms with Crippen LogP contribution in [0.2, 0.25) is 0 Å². The molecule has 2 N–H and O–H groups in total. The second kappa shape index (κ2) is 10.1. The lowest BCUT2D eigenvalue weighted by atomic mass is 10.2. The molecule has 1 amide bonds. The predicted molar refractivity (Wildman–Crippen MR) is 109 cm³/mol. The summed E-state index contributed by atoms with van der Waals surface area (Å²) in [4.78, 5) is 12.0. The summed E-state index contributed by atoms with van der Waals surface area (Å²) < 4.78 is 44.2. The summed E-state index contributed by atoms with van der Waals surface area (Å²) in [5.74, 6) is 1.01. The van der Waals surface area contributed by atoms with Gasteiger partial charge in [0.15, 0.2) is 11.5 Å². The van der Waals surface area contributed by atoms with Gasteiger partial charge in [-0.25, -0.2) is 13.1 Å². The third-order valence-electron chi connectivity index (χ3n) is 4.03. The van der Waals surface area contributed by atoms with E-state index < -0.39 is 15.9 Å². The first kappa shape index (κ1) is 22.5. The van der Waals surface area contributed by atoms with Gasteiger partial charge in [0.1, 0.15) is 5.75 Å². The third-order valence-corrected chi connectivity index (χ3v) is 5.43. The number of ether oxygens (including phenoxy) is 3. The first-order valence-electron chi connectivity index (χ1n) is 9.14. The van der Waals surface area contributed by atoms with Crippen LogP contribution >= 0.6 is 0 Å². The maximum atomic E-state index is 12.7. The minimum Gasteiger partial charge on any atom is -0.496 e. The zero-order valence-electron chi connectivity index (χ0n) is 16.9. The van der Waals surface area contributed by atoms with E-state index in [9.17, 15) is 13.2 Å². The number of benzene rings is 2. The molecule has 0 radical (unpaired) electrons. The van der Waals surface area contributed by atoms with Crippen LogP contribution in [0.3, 0.4) is 0 Å². The van der Waals surface area contributed by atoms with E-state index in [2.05, 4.69) is 10.0 Å². The molecule has 0 atom stereocenters. The van der Waals surface area contributed by atoms with Gasteiger partial charge in [-0.2, -0.15) is 0 Å². The molecule has 0 unspecified atom stereocenters. The molecular weight excluding hydrogens is 396 g/mol. The molecule has 9 heteroatoms. The smallest absolute Gasteiger partial charge is 0.254 e. The van der Waals surface area contributed by atoms with Crippen molar-refractivity contribution in [3.63, 3.8) is 0 Å². The van der Waals surface area contributed by atoms with E-state index in [1.807, 2.05) is 13.8 Å². The Hall–Kier alpha value is -2.78. The zero-order valence-corrected chi connectivity index (χ0v) is 17.8. The summed E-state index contributed by atoms with van der Waals surface area (Å²) in [5.41, 5.74) is 0.845. The molecule has 8 nitrogen and oxygen atoms in total. The minimum absolute atomic E-state index is 0.0344. The molecule has 2 rings (SSSR count). The number of amides is 1. The molecule has 0 spiro atoms. The summed E-state index contributed by atoms with van der Waals surface area (Å²) in [6.07, 6.45) is 0. The molecule has 0 bridgehead atoms. The first-order chi connectivity index (χ1) is 13.9. The van der Waals surface area contributed by atoms with Crippen LogP contribution in [-0.2, 0) is 16.6 Å². The van der Waals surface area contributed by atoms with E-state index >= 15 is 0 Å². The van der Waals surface area contributed by atoms with Crippen molar-refractivity contribution < 1.29 is 27.4 Å². The fraction of sp³-hybridized carbons (Fsp3) is 0.350. The van der Waals surface area contributed by atoms with Gasteiger partial charge in [0.2, 0.25) is 10.0 Å². The number of hydrogen-bond donors (Lipinski definition) is 2. The maximum Gasteiger partial charge on any atom is 0.254 e. The van der Waals surface area contributed by atoms with Crippen LogP contribution in [0.15, 0.2) is 41.3 Å². The average Bonchev–Trinajstić information content (AvgIpc) is 2.73. The van der Waals surface area contributed by atoms with Gasteiger partial charge in [0.25, 0.3) is 5.91 Å². The molecule has 0 saturated heterocycles. The Kier molecular flexibility index (Phi) is 7.86. The molecule has 0 aliphatic carbocycles. The Morgan fingerprint density at radius 3 is 2.24 bits per heavy atom. The Bertz CT molecular complexity index is 959. The van der Waals surface area contributed by atoms with E-state index in [0.29, 0.717) is 30.3 Å². The summed E-state index contributed by atoms with van der Waals surface area (Å²) in [7, 11) is -0.977. The van der Waals surface area contributed by atoms with Crippen molar-refractivity contribution in [3.05, 3.63) is 47.5 Å². The van der Waals surface area contributed by atoms with Crippen molar-refractivity contribution in [2.75, 3.05) is 27.4 Å². The predicted octanol–water partition coefficient (Wildman–Crippen LogP) is 2.33. The number of carbonyl (C=O) groups is 1. The van der Waals surface area contributed by atoms with E-state index in [1.54, 1.807) is 18.2 Å². The number of rotatable bonds is 10. The van der Waals surface area contributed by atoms with Crippen molar-refractivity contribution in [2.45, 2.75) is 25.3 Å². The Balaban J connectivity index is 2.24. The fourth-order valence-corrected chi connectivity index (χ4v) is 3.68. The number of nitrogens with one attached hydrogen (secondary N) is 2. The second-order valence-corrected chi connectivity index (χ2v) is 7.68. The van der Waals surface area contributed by atoms with Crippen LogP contribution in [-0.4, -0.2) is 41.7 Å². The third kappa shape index (κ3) is 5.61. The molecule has 29 heavy (non-hydrogen) atoms. The van der Waals surface area contributed by atoms with Crippen LogP contribution in [0.5, 0.6) is 17.2 Å². The number of sulfonamides is 1. The van der Waals surface area contributed by atoms with Gasteiger partial charge in [0.05, 0.1) is 30.8 Å². The first-order valence-corrected chi connectivity index (χ1v) is 10.6. The molecule has 2 aromatic rings. The number of carbonyl (C=O) groups excluding carboxylic acids is 1. The van der Waals surface area contributed by atoms with E-state index in [1.165, 1.54) is 32.4 Å². The highest BCUT2D eigenvalue weighted by molar-refractivity contribution is 7.89. The largest absolute Gasteiger partial charge is 0.496 e. The van der Waals surface area contributed by atoms with Crippen molar-refractivity contribution in [2.24, 2.45) is 0 Å². The summed E-state index contributed by atoms with van der Waals surface area (Å²) in [6.45, 7) is 4.75. The highest BCUT2D eigenvalue weighted by atomic mass is 32.2. The lowest BCUT2D eigenvalue weighted by Gasteiger charge is -2.14. The van der Waals surface area contributed by atoms with Gasteiger partial charge in [0, 0.05) is 13.6 Å². The van der Waals surface area contributed by atoms with Crippen LogP contribution in [0.25, 0.3) is 0 Å². The van der Waals surface area contributed by atoms with Crippen LogP contribution in [0, 0.1) is 0 Å². The van der Waals surface area contributed by atoms with Crippen LogP contribution < -0.4 is 24.2 Å². The van der Waals surface area contributed by atoms with Gasteiger partial charge < -0.3 is 19.5 Å². The summed E-state index contributed by atoms with van der Waals surface area (Å²) in [6, 6.07) is 9.36. The Labute approximate surface area is 171 Å². The second-order valence-electron chi connectivity index (χ2n) is 5.91. The molecule has 0 saturated carbocycles. The van der Waals surface area contributed by atoms with Gasteiger partial charge in [-0.3, -0.25) is 4.79 Å². The normalized spacial score (nSPS) is 11.0. The van der Waals surface area contributed by atoms with Gasteiger partial charge in [-0.1, -0.05) is 6.07 Å². The lowest BCUT2D eigenvalue weighted by Crippen LogP contribution is -2.24. The highest BCUT2D eigenvalue weighted by Gasteiger charge is 2.19. The lowest BCUT2D eigenvalue weighted by molar-refractivity contribution is 0.0960. The molecule has 0 aromatic heterocycles. The molecule has 2 aromatic carbocycles. The van der Waals surface area contributed by atoms with E-state index in [-0.39, 0.29) is 22.8 Å². The SMILES string of the molecule is CCOc1ccc(CNS(=O)(=O)c2ccc(OC)c(C(=O)NC)c2)cc1OCC. The Morgan fingerprint density at radius 2 is 1.62 bits per heavy atom. The molecule has 0 aliphatic rings. The van der Waals surface area contributed by atoms with Crippen molar-refractivity contribution in [1.82, 2.24) is 10.0 Å². The Morgan fingerprint density at radius 1 is 0.966 bits per heavy atom. The summed E-state index contributed by atoms with van der Waals surface area (Å²) >= 11 is 0. The molecule has 158 valence electrons. The number of hydrogen-bond acceptors (Lipinski definition) is 6. The van der Waals surface area contributed by atoms with E-state index in [4.69, 9.17) is 14.2 Å². The number of methoxy groups -OCH3 is 1. The summed E-state index contributed by atoms with van der Waals surface area (Å²) in [5, 5.41) is 2.47. The average molecular weight is 423 g/mol. The molecule has 0 heterocycles. The zero-order chi connectivity index (χ0) is 21.4. The van der Waals surface area contributed by atoms with Crippen molar-refractivity contribution in [1.29, 1.82) is 0 Å². The molecule has 0 aliphatic heterocycles. The quantitative estimate of drug-likeness (QED) is 0.609. The van der Waals surface area contributed by atoms with Crippen molar-refractivity contribution >= 4 is 15.9 Å². The molecular formula is C20H26N2O6S. The monoisotopic (exact) mass is 422 g/mol. The fourth-order valence-electron chi connectivity index (χ4n) is 2.63. The van der Waals surface area contributed by atoms with E-state index in [0.717, 1.165) is 0 Å². The van der Waals surface area contributed by atoms with Crippen LogP contribution in [0.1, 0.15) is 29.8 Å². The highest BCUT2D eigenvalue weighted by Crippen LogP contribution is 2.29. The topological polar surface area (TPSA) is 103 Å². The molecule has 0 fully saturated rings. The maximum absolute atomic E-state index is 12.7.